The number of allylic oxidation sites excluding steroid dienone is 4. The lowest BCUT2D eigenvalue weighted by Crippen LogP contribution is -2.25. The minimum atomic E-state index is 0. The summed E-state index contributed by atoms with van der Waals surface area (Å²) in [5.74, 6) is 1.80. The van der Waals surface area contributed by atoms with Crippen molar-refractivity contribution >= 4 is 0 Å². The summed E-state index contributed by atoms with van der Waals surface area (Å²) in [7, 11) is 0. The van der Waals surface area contributed by atoms with Crippen LogP contribution in [0.25, 0.3) is 0 Å². The van der Waals surface area contributed by atoms with E-state index in [1.165, 1.54) is 51.4 Å². The number of hydrogen-bond acceptors (Lipinski definition) is 0. The quantitative estimate of drug-likeness (QED) is 0.520. The molecule has 0 nitrogen and oxygen atoms in total. The van der Waals surface area contributed by atoms with Crippen LogP contribution < -0.4 is 0 Å². The molecule has 1 fully saturated rings. The van der Waals surface area contributed by atoms with Crippen molar-refractivity contribution in [2.45, 2.75) is 65.7 Å². The summed E-state index contributed by atoms with van der Waals surface area (Å²) in [6.07, 6.45) is 14.0. The zero-order chi connectivity index (χ0) is 10.3. The molecular weight excluding hydrogens is 192 g/mol. The summed E-state index contributed by atoms with van der Waals surface area (Å²) >= 11 is 0. The molecule has 0 aromatic heterocycles. The fourth-order valence-electron chi connectivity index (χ4n) is 3.92. The predicted molar refractivity (Wildman–Crippen MR) is 71.4 cm³/mol. The molecule has 16 heavy (non-hydrogen) atoms. The van der Waals surface area contributed by atoms with Gasteiger partial charge in [0.05, 0.1) is 0 Å². The number of hydrogen-bond donors (Lipinski definition) is 0. The van der Waals surface area contributed by atoms with Gasteiger partial charge in [0.1, 0.15) is 0 Å². The minimum absolute atomic E-state index is 0. The van der Waals surface area contributed by atoms with E-state index >= 15 is 0 Å². The molecule has 2 unspecified atom stereocenters. The van der Waals surface area contributed by atoms with Gasteiger partial charge in [0.2, 0.25) is 0 Å². The van der Waals surface area contributed by atoms with Gasteiger partial charge >= 0.3 is 0 Å². The van der Waals surface area contributed by atoms with Gasteiger partial charge in [-0.15, -0.1) is 0 Å². The third-order valence-electron chi connectivity index (χ3n) is 4.77. The van der Waals surface area contributed by atoms with Gasteiger partial charge in [-0.05, 0) is 62.4 Å². The van der Waals surface area contributed by atoms with Crippen LogP contribution in [0.3, 0.4) is 0 Å². The van der Waals surface area contributed by atoms with Crippen molar-refractivity contribution in [1.29, 1.82) is 0 Å². The van der Waals surface area contributed by atoms with Crippen LogP contribution in [0.2, 0.25) is 0 Å². The molecule has 0 aromatic rings. The molecule has 0 saturated heterocycles. The van der Waals surface area contributed by atoms with E-state index < -0.39 is 0 Å². The Kier molecular flexibility index (Phi) is 3.56. The molecule has 0 N–H and O–H groups in total. The first kappa shape index (κ1) is 12.0. The van der Waals surface area contributed by atoms with Gasteiger partial charge in [0.25, 0.3) is 0 Å². The Hall–Kier alpha value is -0.520. The Morgan fingerprint density at radius 1 is 1.00 bits per heavy atom. The average Bonchev–Trinajstić information content (AvgIpc) is 2.30. The van der Waals surface area contributed by atoms with Crippen LogP contribution >= 0.6 is 0 Å². The molecule has 0 heteroatoms. The molecule has 0 aromatic carbocycles. The minimum Gasteiger partial charge on any atom is -0.0776 e. The summed E-state index contributed by atoms with van der Waals surface area (Å²) in [5.41, 5.74) is 5.37. The zero-order valence-corrected chi connectivity index (χ0v) is 9.89. The van der Waals surface area contributed by atoms with Crippen molar-refractivity contribution < 1.29 is 0 Å². The Morgan fingerprint density at radius 2 is 1.75 bits per heavy atom. The van der Waals surface area contributed by atoms with Crippen molar-refractivity contribution in [3.63, 3.8) is 0 Å². The van der Waals surface area contributed by atoms with Crippen LogP contribution in [0.1, 0.15) is 65.7 Å². The number of rotatable bonds is 0. The third kappa shape index (κ3) is 1.87. The molecule has 2 atom stereocenters. The first-order chi connectivity index (χ1) is 7.36. The number of fused-ring (bicyclic) bond motifs is 1. The van der Waals surface area contributed by atoms with E-state index in [-0.39, 0.29) is 7.43 Å². The standard InChI is InChI=1S/C15H22.CH4/c1-11-14-8-4-2-6-12(14)10-13-7-3-5-9-15(11)13;/h10-11,14H,2-9H2,1H3;1H4. The van der Waals surface area contributed by atoms with E-state index in [1.807, 2.05) is 5.57 Å². The molecule has 0 bridgehead atoms. The topological polar surface area (TPSA) is 0 Å². The highest BCUT2D eigenvalue weighted by Crippen LogP contribution is 2.46. The SMILES string of the molecule is C.CC1C2=C(C=C3CCCCC31)CCCC2. The summed E-state index contributed by atoms with van der Waals surface area (Å²) in [5, 5.41) is 0. The van der Waals surface area contributed by atoms with Crippen molar-refractivity contribution in [3.05, 3.63) is 22.8 Å². The van der Waals surface area contributed by atoms with Gasteiger partial charge in [0, 0.05) is 0 Å². The van der Waals surface area contributed by atoms with Gasteiger partial charge in [-0.3, -0.25) is 0 Å². The first-order valence-corrected chi connectivity index (χ1v) is 6.78. The second-order valence-corrected chi connectivity index (χ2v) is 5.62. The third-order valence-corrected chi connectivity index (χ3v) is 4.77. The molecule has 3 rings (SSSR count). The highest BCUT2D eigenvalue weighted by atomic mass is 14.4. The normalized spacial score (nSPS) is 33.4. The van der Waals surface area contributed by atoms with Gasteiger partial charge < -0.3 is 0 Å². The lowest BCUT2D eigenvalue weighted by Gasteiger charge is -2.38. The van der Waals surface area contributed by atoms with Crippen molar-refractivity contribution in [3.8, 4) is 0 Å². The lowest BCUT2D eigenvalue weighted by atomic mass is 9.67. The van der Waals surface area contributed by atoms with Gasteiger partial charge in [-0.2, -0.15) is 0 Å². The summed E-state index contributed by atoms with van der Waals surface area (Å²) in [6, 6.07) is 0. The average molecular weight is 218 g/mol. The molecule has 0 amide bonds. The lowest BCUT2D eigenvalue weighted by molar-refractivity contribution is 0.349. The van der Waals surface area contributed by atoms with Crippen LogP contribution in [-0.4, -0.2) is 0 Å². The molecule has 90 valence electrons. The Morgan fingerprint density at radius 3 is 2.62 bits per heavy atom. The van der Waals surface area contributed by atoms with Crippen LogP contribution in [0.15, 0.2) is 22.8 Å². The second-order valence-electron chi connectivity index (χ2n) is 5.62. The fourth-order valence-corrected chi connectivity index (χ4v) is 3.92. The highest BCUT2D eigenvalue weighted by molar-refractivity contribution is 5.38. The largest absolute Gasteiger partial charge is 0.0776 e. The van der Waals surface area contributed by atoms with Crippen molar-refractivity contribution in [2.75, 3.05) is 0 Å². The maximum Gasteiger partial charge on any atom is -0.0137 e. The molecule has 3 aliphatic carbocycles. The van der Waals surface area contributed by atoms with E-state index in [0.29, 0.717) is 0 Å². The monoisotopic (exact) mass is 218 g/mol. The van der Waals surface area contributed by atoms with E-state index in [1.54, 1.807) is 11.1 Å². The first-order valence-electron chi connectivity index (χ1n) is 6.78. The Balaban J connectivity index is 0.000000963. The summed E-state index contributed by atoms with van der Waals surface area (Å²) in [4.78, 5) is 0. The summed E-state index contributed by atoms with van der Waals surface area (Å²) < 4.78 is 0. The van der Waals surface area contributed by atoms with Crippen molar-refractivity contribution in [1.82, 2.24) is 0 Å². The molecule has 0 spiro atoms. The summed E-state index contributed by atoms with van der Waals surface area (Å²) in [6.45, 7) is 2.49. The van der Waals surface area contributed by atoms with Gasteiger partial charge in [-0.1, -0.05) is 38.0 Å². The van der Waals surface area contributed by atoms with E-state index in [4.69, 9.17) is 0 Å². The molecule has 0 heterocycles. The fraction of sp³-hybridized carbons (Fsp3) is 0.750. The maximum absolute atomic E-state index is 2.60. The van der Waals surface area contributed by atoms with Crippen molar-refractivity contribution in [2.24, 2.45) is 11.8 Å². The smallest absolute Gasteiger partial charge is 0.0137 e. The van der Waals surface area contributed by atoms with E-state index in [9.17, 15) is 0 Å². The molecule has 3 aliphatic rings. The van der Waals surface area contributed by atoms with E-state index in [2.05, 4.69) is 13.0 Å². The van der Waals surface area contributed by atoms with Crippen LogP contribution in [0.4, 0.5) is 0 Å². The predicted octanol–water partition coefficient (Wildman–Crippen LogP) is 5.26. The Labute approximate surface area is 101 Å². The molecule has 1 saturated carbocycles. The highest BCUT2D eigenvalue weighted by Gasteiger charge is 2.32. The van der Waals surface area contributed by atoms with Crippen LogP contribution in [0, 0.1) is 11.8 Å². The van der Waals surface area contributed by atoms with Gasteiger partial charge in [0.15, 0.2) is 0 Å². The maximum atomic E-state index is 2.60. The zero-order valence-electron chi connectivity index (χ0n) is 9.89. The van der Waals surface area contributed by atoms with Crippen LogP contribution in [-0.2, 0) is 0 Å². The molecule has 0 radical (unpaired) electrons. The Bertz CT molecular complexity index is 319. The van der Waals surface area contributed by atoms with Crippen LogP contribution in [0.5, 0.6) is 0 Å². The molecular formula is C16H26. The van der Waals surface area contributed by atoms with E-state index in [0.717, 1.165) is 11.8 Å². The molecule has 0 aliphatic heterocycles. The second kappa shape index (κ2) is 4.77. The van der Waals surface area contributed by atoms with Gasteiger partial charge in [-0.25, -0.2) is 0 Å².